The Morgan fingerprint density at radius 1 is 1.31 bits per heavy atom. The van der Waals surface area contributed by atoms with Crippen molar-refractivity contribution in [2.24, 2.45) is 0 Å². The van der Waals surface area contributed by atoms with Crippen LogP contribution < -0.4 is 0 Å². The van der Waals surface area contributed by atoms with Crippen LogP contribution in [0.2, 0.25) is 0 Å². The second-order valence-electron chi connectivity index (χ2n) is 3.77. The lowest BCUT2D eigenvalue weighted by Crippen LogP contribution is -2.07. The van der Waals surface area contributed by atoms with Crippen molar-refractivity contribution in [3.05, 3.63) is 35.2 Å². The molecule has 5 heteroatoms. The molecule has 5 nitrogen and oxygen atoms in total. The van der Waals surface area contributed by atoms with E-state index in [1.165, 1.54) is 0 Å². The van der Waals surface area contributed by atoms with Crippen LogP contribution >= 0.6 is 0 Å². The molecule has 0 atom stereocenters. The number of hydrogen-bond acceptors (Lipinski definition) is 4. The fourth-order valence-electron chi connectivity index (χ4n) is 1.60. The molecule has 0 bridgehead atoms. The van der Waals surface area contributed by atoms with Gasteiger partial charge < -0.3 is 5.11 Å². The average molecular weight is 218 g/mol. The van der Waals surface area contributed by atoms with Crippen LogP contribution in [-0.4, -0.2) is 31.9 Å². The molecule has 0 aliphatic carbocycles. The van der Waals surface area contributed by atoms with Crippen LogP contribution in [0.25, 0.3) is 5.69 Å². The van der Waals surface area contributed by atoms with Crippen molar-refractivity contribution in [1.29, 1.82) is 0 Å². The Balaban J connectivity index is 2.49. The summed E-state index contributed by atoms with van der Waals surface area (Å²) in [4.78, 5) is 0. The molecule has 0 spiro atoms. The maximum Gasteiger partial charge on any atom is 0.159 e. The van der Waals surface area contributed by atoms with Gasteiger partial charge in [-0.15, -0.1) is 5.10 Å². The molecular weight excluding hydrogens is 204 g/mol. The third-order valence-corrected chi connectivity index (χ3v) is 2.46. The predicted octanol–water partition coefficient (Wildman–Crippen LogP) is 0.814. The molecule has 1 aromatic carbocycles. The molecule has 0 saturated carbocycles. The van der Waals surface area contributed by atoms with Crippen LogP contribution in [0.3, 0.4) is 0 Å². The van der Waals surface area contributed by atoms with E-state index in [0.29, 0.717) is 12.2 Å². The van der Waals surface area contributed by atoms with E-state index in [1.54, 1.807) is 4.68 Å². The highest BCUT2D eigenvalue weighted by molar-refractivity contribution is 5.42. The largest absolute Gasteiger partial charge is 0.396 e. The van der Waals surface area contributed by atoms with Crippen LogP contribution in [0.1, 0.15) is 17.0 Å². The smallest absolute Gasteiger partial charge is 0.159 e. The summed E-state index contributed by atoms with van der Waals surface area (Å²) in [7, 11) is 0. The summed E-state index contributed by atoms with van der Waals surface area (Å²) in [5, 5.41) is 20.4. The zero-order valence-electron chi connectivity index (χ0n) is 9.38. The number of aliphatic hydroxyl groups is 1. The molecule has 0 aliphatic heterocycles. The number of aryl methyl sites for hydroxylation is 2. The number of nitrogens with zero attached hydrogens (tertiary/aromatic N) is 4. The lowest BCUT2D eigenvalue weighted by atomic mass is 10.1. The molecule has 1 heterocycles. The van der Waals surface area contributed by atoms with Gasteiger partial charge in [-0.2, -0.15) is 4.68 Å². The van der Waals surface area contributed by atoms with Gasteiger partial charge in [0.25, 0.3) is 0 Å². The minimum atomic E-state index is 0.0469. The Hall–Kier alpha value is -1.75. The maximum absolute atomic E-state index is 8.92. The first-order valence-corrected chi connectivity index (χ1v) is 5.18. The number of aliphatic hydroxyl groups excluding tert-OH is 1. The molecule has 0 saturated heterocycles. The van der Waals surface area contributed by atoms with E-state index in [9.17, 15) is 0 Å². The van der Waals surface area contributed by atoms with E-state index >= 15 is 0 Å². The Labute approximate surface area is 93.7 Å². The maximum atomic E-state index is 8.92. The summed E-state index contributed by atoms with van der Waals surface area (Å²) in [5.41, 5.74) is 3.23. The fourth-order valence-corrected chi connectivity index (χ4v) is 1.60. The minimum absolute atomic E-state index is 0.0469. The lowest BCUT2D eigenvalue weighted by molar-refractivity contribution is 0.295. The highest BCUT2D eigenvalue weighted by Crippen LogP contribution is 2.15. The average Bonchev–Trinajstić information content (AvgIpc) is 2.70. The normalized spacial score (nSPS) is 10.7. The Kier molecular flexibility index (Phi) is 2.96. The lowest BCUT2D eigenvalue weighted by Gasteiger charge is -2.07. The van der Waals surface area contributed by atoms with E-state index in [0.717, 1.165) is 16.8 Å². The molecule has 0 radical (unpaired) electrons. The van der Waals surface area contributed by atoms with Gasteiger partial charge in [0.15, 0.2) is 5.82 Å². The van der Waals surface area contributed by atoms with Gasteiger partial charge >= 0.3 is 0 Å². The molecule has 0 unspecified atom stereocenters. The van der Waals surface area contributed by atoms with Crippen molar-refractivity contribution in [3.63, 3.8) is 0 Å². The number of tetrazole rings is 1. The summed E-state index contributed by atoms with van der Waals surface area (Å²) in [6, 6.07) is 6.12. The molecule has 1 N–H and O–H groups in total. The zero-order chi connectivity index (χ0) is 11.5. The topological polar surface area (TPSA) is 63.8 Å². The van der Waals surface area contributed by atoms with E-state index < -0.39 is 0 Å². The molecule has 84 valence electrons. The van der Waals surface area contributed by atoms with Crippen molar-refractivity contribution < 1.29 is 5.11 Å². The van der Waals surface area contributed by atoms with E-state index in [2.05, 4.69) is 21.6 Å². The van der Waals surface area contributed by atoms with Crippen LogP contribution in [0.5, 0.6) is 0 Å². The van der Waals surface area contributed by atoms with Crippen LogP contribution in [0, 0.1) is 13.8 Å². The molecule has 0 aliphatic rings. The first-order chi connectivity index (χ1) is 7.72. The predicted molar refractivity (Wildman–Crippen MR) is 59.4 cm³/mol. The summed E-state index contributed by atoms with van der Waals surface area (Å²) in [5.74, 6) is 0.677. The molecule has 16 heavy (non-hydrogen) atoms. The Morgan fingerprint density at radius 3 is 2.88 bits per heavy atom. The monoisotopic (exact) mass is 218 g/mol. The van der Waals surface area contributed by atoms with Crippen LogP contribution in [0.15, 0.2) is 18.2 Å². The van der Waals surface area contributed by atoms with Crippen LogP contribution in [0.4, 0.5) is 0 Å². The summed E-state index contributed by atoms with van der Waals surface area (Å²) >= 11 is 0. The van der Waals surface area contributed by atoms with Crippen molar-refractivity contribution in [2.45, 2.75) is 20.3 Å². The van der Waals surface area contributed by atoms with Gasteiger partial charge in [-0.3, -0.25) is 0 Å². The number of rotatable bonds is 3. The summed E-state index contributed by atoms with van der Waals surface area (Å²) in [6.07, 6.45) is 0.459. The van der Waals surface area contributed by atoms with Crippen molar-refractivity contribution >= 4 is 0 Å². The van der Waals surface area contributed by atoms with Crippen molar-refractivity contribution in [3.8, 4) is 5.69 Å². The van der Waals surface area contributed by atoms with Gasteiger partial charge in [-0.05, 0) is 41.5 Å². The van der Waals surface area contributed by atoms with E-state index in [1.807, 2.05) is 26.0 Å². The molecule has 0 fully saturated rings. The Bertz CT molecular complexity index is 492. The fraction of sp³-hybridized carbons (Fsp3) is 0.364. The summed E-state index contributed by atoms with van der Waals surface area (Å²) in [6.45, 7) is 4.09. The quantitative estimate of drug-likeness (QED) is 0.828. The van der Waals surface area contributed by atoms with Crippen molar-refractivity contribution in [1.82, 2.24) is 20.2 Å². The standard InChI is InChI=1S/C11H14N4O/c1-8-3-4-9(2)10(7-8)15-11(5-6-16)12-13-14-15/h3-4,7,16H,5-6H2,1-2H3. The van der Waals surface area contributed by atoms with Crippen LogP contribution in [-0.2, 0) is 6.42 Å². The molecule has 2 aromatic rings. The van der Waals surface area contributed by atoms with Gasteiger partial charge in [0.05, 0.1) is 12.3 Å². The van der Waals surface area contributed by atoms with Gasteiger partial charge in [-0.1, -0.05) is 12.1 Å². The summed E-state index contributed by atoms with van der Waals surface area (Å²) < 4.78 is 1.68. The van der Waals surface area contributed by atoms with E-state index in [4.69, 9.17) is 5.11 Å². The van der Waals surface area contributed by atoms with Gasteiger partial charge in [0, 0.05) is 6.42 Å². The second kappa shape index (κ2) is 4.40. The first kappa shape index (κ1) is 10.8. The number of aromatic nitrogens is 4. The van der Waals surface area contributed by atoms with E-state index in [-0.39, 0.29) is 6.61 Å². The molecule has 0 amide bonds. The SMILES string of the molecule is Cc1ccc(C)c(-n2nnnc2CCO)c1. The van der Waals surface area contributed by atoms with Gasteiger partial charge in [-0.25, -0.2) is 0 Å². The third-order valence-electron chi connectivity index (χ3n) is 2.46. The van der Waals surface area contributed by atoms with Crippen molar-refractivity contribution in [2.75, 3.05) is 6.61 Å². The first-order valence-electron chi connectivity index (χ1n) is 5.18. The van der Waals surface area contributed by atoms with Gasteiger partial charge in [0.1, 0.15) is 0 Å². The molecule has 2 rings (SSSR count). The highest BCUT2D eigenvalue weighted by atomic mass is 16.3. The minimum Gasteiger partial charge on any atom is -0.396 e. The highest BCUT2D eigenvalue weighted by Gasteiger charge is 2.09. The van der Waals surface area contributed by atoms with Gasteiger partial charge in [0.2, 0.25) is 0 Å². The number of hydrogen-bond donors (Lipinski definition) is 1. The number of benzene rings is 1. The zero-order valence-corrected chi connectivity index (χ0v) is 9.38. The second-order valence-corrected chi connectivity index (χ2v) is 3.77. The Morgan fingerprint density at radius 2 is 2.12 bits per heavy atom. The molecule has 1 aromatic heterocycles. The third kappa shape index (κ3) is 1.94. The molecular formula is C11H14N4O.